The fraction of sp³-hybridized carbons (Fsp3) is 0.571. The van der Waals surface area contributed by atoms with Crippen LogP contribution < -0.4 is 5.32 Å². The predicted molar refractivity (Wildman–Crippen MR) is 63.2 cm³/mol. The summed E-state index contributed by atoms with van der Waals surface area (Å²) in [5, 5.41) is 3.62. The Morgan fingerprint density at radius 1 is 1.13 bits per heavy atom. The third-order valence-corrected chi connectivity index (χ3v) is 3.99. The lowest BCUT2D eigenvalue weighted by atomic mass is 9.94. The summed E-state index contributed by atoms with van der Waals surface area (Å²) >= 11 is 0. The molecule has 1 nitrogen and oxygen atoms in total. The maximum absolute atomic E-state index is 3.62. The van der Waals surface area contributed by atoms with Crippen molar-refractivity contribution in [1.29, 1.82) is 0 Å². The number of aryl methyl sites for hydroxylation is 1. The molecule has 0 aromatic heterocycles. The molecule has 1 aromatic carbocycles. The van der Waals surface area contributed by atoms with Crippen LogP contribution in [0.4, 0.5) is 0 Å². The van der Waals surface area contributed by atoms with Crippen molar-refractivity contribution in [3.05, 3.63) is 34.4 Å². The van der Waals surface area contributed by atoms with Gasteiger partial charge in [0.2, 0.25) is 0 Å². The molecule has 3 rings (SSSR count). The van der Waals surface area contributed by atoms with Crippen molar-refractivity contribution in [2.75, 3.05) is 6.54 Å². The van der Waals surface area contributed by atoms with Gasteiger partial charge < -0.3 is 5.32 Å². The van der Waals surface area contributed by atoms with Gasteiger partial charge in [-0.1, -0.05) is 12.1 Å². The first kappa shape index (κ1) is 9.41. The van der Waals surface area contributed by atoms with E-state index in [1.807, 2.05) is 0 Å². The maximum atomic E-state index is 3.62. The molecule has 1 N–H and O–H groups in total. The highest BCUT2D eigenvalue weighted by Crippen LogP contribution is 2.34. The van der Waals surface area contributed by atoms with E-state index in [1.165, 1.54) is 44.2 Å². The number of benzene rings is 1. The molecule has 80 valence electrons. The van der Waals surface area contributed by atoms with Crippen molar-refractivity contribution in [2.45, 2.75) is 45.1 Å². The van der Waals surface area contributed by atoms with E-state index in [9.17, 15) is 0 Å². The second-order valence-corrected chi connectivity index (χ2v) is 4.93. The van der Waals surface area contributed by atoms with Crippen LogP contribution in [0, 0.1) is 6.92 Å². The first-order valence-electron chi connectivity index (χ1n) is 6.21. The van der Waals surface area contributed by atoms with E-state index < -0.39 is 0 Å². The van der Waals surface area contributed by atoms with Crippen LogP contribution >= 0.6 is 0 Å². The summed E-state index contributed by atoms with van der Waals surface area (Å²) in [4.78, 5) is 0. The molecule has 1 aromatic rings. The third-order valence-electron chi connectivity index (χ3n) is 3.99. The largest absolute Gasteiger partial charge is 0.310 e. The van der Waals surface area contributed by atoms with Gasteiger partial charge in [-0.2, -0.15) is 0 Å². The monoisotopic (exact) mass is 201 g/mol. The first-order chi connectivity index (χ1) is 7.36. The van der Waals surface area contributed by atoms with Crippen LogP contribution in [-0.2, 0) is 12.8 Å². The fourth-order valence-electron chi connectivity index (χ4n) is 3.19. The number of hydrogen-bond acceptors (Lipinski definition) is 1. The molecule has 1 fully saturated rings. The highest BCUT2D eigenvalue weighted by atomic mass is 14.9. The summed E-state index contributed by atoms with van der Waals surface area (Å²) in [5.41, 5.74) is 6.44. The number of hydrogen-bond donors (Lipinski definition) is 1. The summed E-state index contributed by atoms with van der Waals surface area (Å²) in [7, 11) is 0. The van der Waals surface area contributed by atoms with Gasteiger partial charge in [-0.3, -0.25) is 0 Å². The van der Waals surface area contributed by atoms with Gasteiger partial charge >= 0.3 is 0 Å². The van der Waals surface area contributed by atoms with Gasteiger partial charge in [-0.05, 0) is 67.8 Å². The Balaban J connectivity index is 2.04. The van der Waals surface area contributed by atoms with E-state index in [4.69, 9.17) is 0 Å². The van der Waals surface area contributed by atoms with Crippen LogP contribution in [0.5, 0.6) is 0 Å². The van der Waals surface area contributed by atoms with Crippen LogP contribution in [-0.4, -0.2) is 6.54 Å². The first-order valence-corrected chi connectivity index (χ1v) is 6.21. The molecular weight excluding hydrogens is 182 g/mol. The van der Waals surface area contributed by atoms with Crippen molar-refractivity contribution < 1.29 is 0 Å². The Hall–Kier alpha value is -0.820. The smallest absolute Gasteiger partial charge is 0.0323 e. The minimum atomic E-state index is 0.650. The van der Waals surface area contributed by atoms with Gasteiger partial charge in [0, 0.05) is 6.04 Å². The Bertz CT molecular complexity index is 375. The van der Waals surface area contributed by atoms with Gasteiger partial charge in [-0.15, -0.1) is 0 Å². The van der Waals surface area contributed by atoms with Crippen LogP contribution in [0.15, 0.2) is 12.1 Å². The van der Waals surface area contributed by atoms with Gasteiger partial charge in [0.1, 0.15) is 0 Å². The lowest BCUT2D eigenvalue weighted by Gasteiger charge is -2.16. The molecule has 0 saturated carbocycles. The van der Waals surface area contributed by atoms with Gasteiger partial charge in [0.05, 0.1) is 0 Å². The Morgan fingerprint density at radius 2 is 2.00 bits per heavy atom. The van der Waals surface area contributed by atoms with Gasteiger partial charge in [0.15, 0.2) is 0 Å². The average molecular weight is 201 g/mol. The van der Waals surface area contributed by atoms with E-state index in [0.29, 0.717) is 6.04 Å². The normalized spacial score (nSPS) is 24.5. The molecule has 15 heavy (non-hydrogen) atoms. The standard InChI is InChI=1S/C14H19N/c1-10-7-8-13(14-6-3-9-15-14)12-5-2-4-11(10)12/h7-8,14-15H,2-6,9H2,1H3. The number of fused-ring (bicyclic) bond motifs is 1. The molecule has 0 radical (unpaired) electrons. The Kier molecular flexibility index (Phi) is 2.28. The van der Waals surface area contributed by atoms with E-state index >= 15 is 0 Å². The number of rotatable bonds is 1. The molecule has 0 bridgehead atoms. The predicted octanol–water partition coefficient (Wildman–Crippen LogP) is 2.91. The van der Waals surface area contributed by atoms with E-state index in [2.05, 4.69) is 24.4 Å². The highest BCUT2D eigenvalue weighted by molar-refractivity contribution is 5.45. The topological polar surface area (TPSA) is 12.0 Å². The molecule has 1 aliphatic heterocycles. The second kappa shape index (κ2) is 3.64. The van der Waals surface area contributed by atoms with Crippen molar-refractivity contribution in [3.63, 3.8) is 0 Å². The molecule has 0 spiro atoms. The van der Waals surface area contributed by atoms with Crippen molar-refractivity contribution in [2.24, 2.45) is 0 Å². The van der Waals surface area contributed by atoms with Crippen molar-refractivity contribution in [3.8, 4) is 0 Å². The minimum Gasteiger partial charge on any atom is -0.310 e. The molecule has 1 aliphatic carbocycles. The highest BCUT2D eigenvalue weighted by Gasteiger charge is 2.23. The van der Waals surface area contributed by atoms with Crippen LogP contribution in [0.2, 0.25) is 0 Å². The molecule has 2 aliphatic rings. The molecular formula is C14H19N. The SMILES string of the molecule is Cc1ccc(C2CCCN2)c2c1CCC2. The zero-order valence-corrected chi connectivity index (χ0v) is 9.47. The summed E-state index contributed by atoms with van der Waals surface area (Å²) < 4.78 is 0. The summed E-state index contributed by atoms with van der Waals surface area (Å²) in [6.45, 7) is 3.46. The summed E-state index contributed by atoms with van der Waals surface area (Å²) in [6.07, 6.45) is 6.65. The summed E-state index contributed by atoms with van der Waals surface area (Å²) in [6, 6.07) is 5.33. The average Bonchev–Trinajstić information content (AvgIpc) is 2.88. The van der Waals surface area contributed by atoms with Crippen LogP contribution in [0.3, 0.4) is 0 Å². The fourth-order valence-corrected chi connectivity index (χ4v) is 3.19. The Morgan fingerprint density at radius 3 is 2.80 bits per heavy atom. The molecule has 1 atom stereocenters. The van der Waals surface area contributed by atoms with Crippen LogP contribution in [0.1, 0.15) is 47.6 Å². The lowest BCUT2D eigenvalue weighted by Crippen LogP contribution is -2.14. The van der Waals surface area contributed by atoms with E-state index in [1.54, 1.807) is 16.7 Å². The molecule has 1 unspecified atom stereocenters. The summed E-state index contributed by atoms with van der Waals surface area (Å²) in [5.74, 6) is 0. The zero-order chi connectivity index (χ0) is 10.3. The van der Waals surface area contributed by atoms with E-state index in [0.717, 1.165) is 0 Å². The van der Waals surface area contributed by atoms with Gasteiger partial charge in [-0.25, -0.2) is 0 Å². The molecule has 0 amide bonds. The maximum Gasteiger partial charge on any atom is 0.0323 e. The number of nitrogens with one attached hydrogen (secondary N) is 1. The minimum absolute atomic E-state index is 0.650. The second-order valence-electron chi connectivity index (χ2n) is 4.93. The molecule has 1 heterocycles. The van der Waals surface area contributed by atoms with Gasteiger partial charge in [0.25, 0.3) is 0 Å². The molecule has 1 saturated heterocycles. The van der Waals surface area contributed by atoms with Crippen LogP contribution in [0.25, 0.3) is 0 Å². The van der Waals surface area contributed by atoms with Crippen molar-refractivity contribution >= 4 is 0 Å². The Labute approximate surface area is 91.9 Å². The third kappa shape index (κ3) is 1.50. The van der Waals surface area contributed by atoms with E-state index in [-0.39, 0.29) is 0 Å². The quantitative estimate of drug-likeness (QED) is 0.736. The lowest BCUT2D eigenvalue weighted by molar-refractivity contribution is 0.641. The molecule has 1 heteroatoms. The zero-order valence-electron chi connectivity index (χ0n) is 9.47. The van der Waals surface area contributed by atoms with Crippen molar-refractivity contribution in [1.82, 2.24) is 5.32 Å².